The summed E-state index contributed by atoms with van der Waals surface area (Å²) in [6.45, 7) is 1.98. The van der Waals surface area contributed by atoms with Gasteiger partial charge in [-0.2, -0.15) is 0 Å². The number of hydrogen-bond acceptors (Lipinski definition) is 5. The molecule has 1 aliphatic carbocycles. The molecule has 3 aromatic rings. The first-order valence-corrected chi connectivity index (χ1v) is 10.2. The van der Waals surface area contributed by atoms with Crippen molar-refractivity contribution < 1.29 is 23.8 Å². The maximum Gasteiger partial charge on any atom is 0.355 e. The van der Waals surface area contributed by atoms with Crippen LogP contribution in [0.5, 0.6) is 11.5 Å². The number of esters is 1. The van der Waals surface area contributed by atoms with E-state index in [1.54, 1.807) is 21.1 Å². The van der Waals surface area contributed by atoms with Crippen LogP contribution in [0.15, 0.2) is 48.5 Å². The number of hydrogen-bond donors (Lipinski definition) is 1. The van der Waals surface area contributed by atoms with Gasteiger partial charge in [-0.05, 0) is 48.1 Å². The van der Waals surface area contributed by atoms with Crippen molar-refractivity contribution in [2.45, 2.75) is 32.3 Å². The highest BCUT2D eigenvalue weighted by molar-refractivity contribution is 6.03. The van der Waals surface area contributed by atoms with Gasteiger partial charge in [-0.3, -0.25) is 4.79 Å². The Kier molecular flexibility index (Phi) is 5.80. The fourth-order valence-electron chi connectivity index (χ4n) is 4.18. The number of H-pyrrole nitrogens is 1. The largest absolute Gasteiger partial charge is 0.493 e. The van der Waals surface area contributed by atoms with Crippen molar-refractivity contribution in [3.8, 4) is 11.5 Å². The van der Waals surface area contributed by atoms with Crippen molar-refractivity contribution in [3.63, 3.8) is 0 Å². The zero-order valence-corrected chi connectivity index (χ0v) is 17.9. The molecule has 0 fully saturated rings. The third-order valence-electron chi connectivity index (χ3n) is 5.78. The van der Waals surface area contributed by atoms with Crippen LogP contribution >= 0.6 is 0 Å². The number of ketones is 1. The second-order valence-corrected chi connectivity index (χ2v) is 7.68. The topological polar surface area (TPSA) is 77.6 Å². The normalized spacial score (nSPS) is 15.3. The average Bonchev–Trinajstić information content (AvgIpc) is 3.14. The summed E-state index contributed by atoms with van der Waals surface area (Å²) in [5, 5.41) is 0. The smallest absolute Gasteiger partial charge is 0.355 e. The van der Waals surface area contributed by atoms with E-state index in [0.717, 1.165) is 16.8 Å². The molecule has 1 N–H and O–H groups in total. The molecular weight excluding hydrogens is 394 g/mol. The molecule has 0 saturated heterocycles. The minimum Gasteiger partial charge on any atom is -0.493 e. The molecule has 0 spiro atoms. The Morgan fingerprint density at radius 1 is 1.03 bits per heavy atom. The van der Waals surface area contributed by atoms with Crippen molar-refractivity contribution in [1.29, 1.82) is 0 Å². The van der Waals surface area contributed by atoms with Gasteiger partial charge in [-0.25, -0.2) is 4.79 Å². The van der Waals surface area contributed by atoms with Gasteiger partial charge in [-0.1, -0.05) is 36.4 Å². The average molecular weight is 419 g/mol. The van der Waals surface area contributed by atoms with Gasteiger partial charge < -0.3 is 19.2 Å². The fraction of sp³-hybridized carbons (Fsp3) is 0.280. The van der Waals surface area contributed by atoms with E-state index in [9.17, 15) is 9.59 Å². The second kappa shape index (κ2) is 8.68. The lowest BCUT2D eigenvalue weighted by atomic mass is 9.81. The van der Waals surface area contributed by atoms with Crippen LogP contribution in [0.4, 0.5) is 0 Å². The van der Waals surface area contributed by atoms with Gasteiger partial charge in [0.1, 0.15) is 12.3 Å². The lowest BCUT2D eigenvalue weighted by Gasteiger charge is -2.23. The van der Waals surface area contributed by atoms with Crippen molar-refractivity contribution in [1.82, 2.24) is 4.98 Å². The van der Waals surface area contributed by atoms with Crippen molar-refractivity contribution in [2.75, 3.05) is 14.2 Å². The number of benzene rings is 2. The molecule has 6 heteroatoms. The molecule has 0 saturated carbocycles. The van der Waals surface area contributed by atoms with Gasteiger partial charge in [0.05, 0.1) is 14.2 Å². The zero-order chi connectivity index (χ0) is 22.0. The van der Waals surface area contributed by atoms with Crippen LogP contribution in [-0.4, -0.2) is 31.0 Å². The van der Waals surface area contributed by atoms with E-state index in [0.29, 0.717) is 41.2 Å². The molecule has 0 unspecified atom stereocenters. The third-order valence-corrected chi connectivity index (χ3v) is 5.78. The maximum atomic E-state index is 13.0. The van der Waals surface area contributed by atoms with Crippen molar-refractivity contribution in [3.05, 3.63) is 82.2 Å². The number of carbonyl (C=O) groups excluding carboxylic acids is 2. The minimum atomic E-state index is -0.453. The maximum absolute atomic E-state index is 13.0. The van der Waals surface area contributed by atoms with Crippen molar-refractivity contribution >= 4 is 11.8 Å². The first kappa shape index (κ1) is 20.7. The van der Waals surface area contributed by atoms with Gasteiger partial charge in [0.25, 0.3) is 0 Å². The van der Waals surface area contributed by atoms with E-state index in [1.807, 2.05) is 48.5 Å². The Bertz CT molecular complexity index is 1120. The molecule has 0 aliphatic heterocycles. The highest BCUT2D eigenvalue weighted by atomic mass is 16.5. The molecule has 0 amide bonds. The minimum absolute atomic E-state index is 0.00829. The first-order chi connectivity index (χ1) is 15.0. The number of aromatic nitrogens is 1. The van der Waals surface area contributed by atoms with E-state index in [-0.39, 0.29) is 18.3 Å². The van der Waals surface area contributed by atoms with Crippen LogP contribution in [0.2, 0.25) is 0 Å². The Morgan fingerprint density at radius 3 is 2.48 bits per heavy atom. The summed E-state index contributed by atoms with van der Waals surface area (Å²) in [4.78, 5) is 28.8. The number of aromatic amines is 1. The SMILES string of the molecule is COc1ccc([C@H]2CC(=O)c3c([nH]c(C(=O)OCc4ccccc4)c3C)C2)cc1OC. The van der Waals surface area contributed by atoms with Crippen LogP contribution in [0.3, 0.4) is 0 Å². The van der Waals surface area contributed by atoms with E-state index in [1.165, 1.54) is 0 Å². The van der Waals surface area contributed by atoms with Gasteiger partial charge in [0, 0.05) is 17.7 Å². The Labute approximate surface area is 181 Å². The summed E-state index contributed by atoms with van der Waals surface area (Å²) in [6.07, 6.45) is 1.00. The summed E-state index contributed by atoms with van der Waals surface area (Å²) in [5.41, 5.74) is 4.31. The number of nitrogens with one attached hydrogen (secondary N) is 1. The summed E-state index contributed by atoms with van der Waals surface area (Å²) < 4.78 is 16.2. The number of Topliss-reactive ketones (excluding diaryl/α,β-unsaturated/α-hetero) is 1. The Hall–Kier alpha value is -3.54. The standard InChI is InChI=1S/C25H25NO5/c1-15-23-19(26-24(15)25(28)31-14-16-7-5-4-6-8-16)11-18(12-20(23)27)17-9-10-21(29-2)22(13-17)30-3/h4-10,13,18,26H,11-12,14H2,1-3H3/t18-/m1/s1. The van der Waals surface area contributed by atoms with Gasteiger partial charge >= 0.3 is 5.97 Å². The summed E-state index contributed by atoms with van der Waals surface area (Å²) in [5.74, 6) is 0.841. The Balaban J connectivity index is 1.56. The Morgan fingerprint density at radius 2 is 1.77 bits per heavy atom. The zero-order valence-electron chi connectivity index (χ0n) is 17.9. The first-order valence-electron chi connectivity index (χ1n) is 10.2. The predicted octanol–water partition coefficient (Wildman–Crippen LogP) is 4.61. The predicted molar refractivity (Wildman–Crippen MR) is 116 cm³/mol. The monoisotopic (exact) mass is 419 g/mol. The van der Waals surface area contributed by atoms with Gasteiger partial charge in [-0.15, -0.1) is 0 Å². The number of methoxy groups -OCH3 is 2. The van der Waals surface area contributed by atoms with E-state index in [2.05, 4.69) is 4.98 Å². The molecule has 1 aromatic heterocycles. The van der Waals surface area contributed by atoms with Crippen LogP contribution < -0.4 is 9.47 Å². The summed E-state index contributed by atoms with van der Waals surface area (Å²) in [7, 11) is 3.18. The molecule has 1 atom stereocenters. The summed E-state index contributed by atoms with van der Waals surface area (Å²) >= 11 is 0. The molecule has 0 bridgehead atoms. The van der Waals surface area contributed by atoms with E-state index in [4.69, 9.17) is 14.2 Å². The molecule has 0 radical (unpaired) electrons. The summed E-state index contributed by atoms with van der Waals surface area (Å²) in [6, 6.07) is 15.2. The van der Waals surface area contributed by atoms with Crippen LogP contribution in [0.1, 0.15) is 55.6 Å². The molecule has 2 aromatic carbocycles. The number of fused-ring (bicyclic) bond motifs is 1. The molecule has 31 heavy (non-hydrogen) atoms. The van der Waals surface area contributed by atoms with E-state index >= 15 is 0 Å². The van der Waals surface area contributed by atoms with Gasteiger partial charge in [0.15, 0.2) is 17.3 Å². The highest BCUT2D eigenvalue weighted by Crippen LogP contribution is 2.38. The third kappa shape index (κ3) is 4.06. The van der Waals surface area contributed by atoms with Crippen molar-refractivity contribution in [2.24, 2.45) is 0 Å². The molecule has 160 valence electrons. The van der Waals surface area contributed by atoms with Crippen LogP contribution in [0, 0.1) is 6.92 Å². The lowest BCUT2D eigenvalue weighted by Crippen LogP contribution is -2.18. The van der Waals surface area contributed by atoms with Gasteiger partial charge in [0.2, 0.25) is 0 Å². The quantitative estimate of drug-likeness (QED) is 0.591. The molecule has 1 aliphatic rings. The van der Waals surface area contributed by atoms with E-state index < -0.39 is 5.97 Å². The molecule has 1 heterocycles. The molecular formula is C25H25NO5. The number of ether oxygens (including phenoxy) is 3. The highest BCUT2D eigenvalue weighted by Gasteiger charge is 2.32. The number of rotatable bonds is 6. The van der Waals surface area contributed by atoms with Crippen LogP contribution in [0.25, 0.3) is 0 Å². The molecule has 4 rings (SSSR count). The van der Waals surface area contributed by atoms with Crippen LogP contribution in [-0.2, 0) is 17.8 Å². The number of carbonyl (C=O) groups is 2. The molecule has 6 nitrogen and oxygen atoms in total. The fourth-order valence-corrected chi connectivity index (χ4v) is 4.18. The second-order valence-electron chi connectivity index (χ2n) is 7.68. The lowest BCUT2D eigenvalue weighted by molar-refractivity contribution is 0.0465.